The van der Waals surface area contributed by atoms with Crippen LogP contribution in [0.3, 0.4) is 0 Å². The van der Waals surface area contributed by atoms with Crippen LogP contribution in [0.15, 0.2) is 11.6 Å². The van der Waals surface area contributed by atoms with Crippen molar-refractivity contribution in [2.75, 3.05) is 13.1 Å². The van der Waals surface area contributed by atoms with Crippen LogP contribution in [-0.2, 0) is 4.79 Å². The van der Waals surface area contributed by atoms with Crippen molar-refractivity contribution in [3.8, 4) is 0 Å². The smallest absolute Gasteiger partial charge is 0.223 e. The van der Waals surface area contributed by atoms with Crippen molar-refractivity contribution in [3.05, 3.63) is 11.6 Å². The highest BCUT2D eigenvalue weighted by Crippen LogP contribution is 2.29. The van der Waals surface area contributed by atoms with Crippen molar-refractivity contribution in [1.29, 1.82) is 0 Å². The first-order valence-corrected chi connectivity index (χ1v) is 6.26. The van der Waals surface area contributed by atoms with Crippen LogP contribution in [0.2, 0.25) is 0 Å². The van der Waals surface area contributed by atoms with Crippen molar-refractivity contribution in [2.45, 2.75) is 39.5 Å². The quantitative estimate of drug-likeness (QED) is 0.716. The van der Waals surface area contributed by atoms with E-state index in [4.69, 9.17) is 5.73 Å². The van der Waals surface area contributed by atoms with E-state index >= 15 is 0 Å². The Bertz CT molecular complexity index is 257. The van der Waals surface area contributed by atoms with Gasteiger partial charge in [0.1, 0.15) is 0 Å². The average Bonchev–Trinajstić information content (AvgIpc) is 2.28. The Balaban J connectivity index is 2.41. The highest BCUT2D eigenvalue weighted by molar-refractivity contribution is 5.79. The third kappa shape index (κ3) is 3.97. The van der Waals surface area contributed by atoms with Crippen LogP contribution in [0.1, 0.15) is 39.5 Å². The van der Waals surface area contributed by atoms with Gasteiger partial charge < -0.3 is 11.1 Å². The molecule has 0 aromatic rings. The fraction of sp³-hybridized carbons (Fsp3) is 0.769. The molecule has 92 valence electrons. The Labute approximate surface area is 98.5 Å². The molecule has 2 unspecified atom stereocenters. The zero-order chi connectivity index (χ0) is 12.0. The molecule has 0 heterocycles. The van der Waals surface area contributed by atoms with Gasteiger partial charge in [0.15, 0.2) is 0 Å². The van der Waals surface area contributed by atoms with Crippen molar-refractivity contribution >= 4 is 5.91 Å². The summed E-state index contributed by atoms with van der Waals surface area (Å²) >= 11 is 0. The third-order valence-electron chi connectivity index (χ3n) is 3.34. The summed E-state index contributed by atoms with van der Waals surface area (Å²) in [5.74, 6) is 0.720. The van der Waals surface area contributed by atoms with Crippen LogP contribution in [0, 0.1) is 11.8 Å². The van der Waals surface area contributed by atoms with Gasteiger partial charge in [-0.15, -0.1) is 0 Å². The zero-order valence-corrected chi connectivity index (χ0v) is 10.5. The second kappa shape index (κ2) is 6.69. The molecule has 0 spiro atoms. The number of rotatable bonds is 4. The molecule has 1 amide bonds. The zero-order valence-electron chi connectivity index (χ0n) is 10.5. The van der Waals surface area contributed by atoms with Gasteiger partial charge in [0.2, 0.25) is 5.91 Å². The third-order valence-corrected chi connectivity index (χ3v) is 3.34. The number of allylic oxidation sites excluding steroid dienone is 1. The first kappa shape index (κ1) is 13.2. The molecular weight excluding hydrogens is 200 g/mol. The minimum atomic E-state index is 0.143. The topological polar surface area (TPSA) is 55.1 Å². The molecule has 0 radical (unpaired) electrons. The fourth-order valence-corrected chi connectivity index (χ4v) is 2.32. The summed E-state index contributed by atoms with van der Waals surface area (Å²) in [6.45, 7) is 5.36. The number of hydrogen-bond acceptors (Lipinski definition) is 2. The molecule has 1 aliphatic carbocycles. The summed E-state index contributed by atoms with van der Waals surface area (Å²) in [5.41, 5.74) is 6.95. The van der Waals surface area contributed by atoms with Gasteiger partial charge in [-0.25, -0.2) is 0 Å². The van der Waals surface area contributed by atoms with Crippen LogP contribution >= 0.6 is 0 Å². The maximum absolute atomic E-state index is 12.0. The second-order valence-electron chi connectivity index (χ2n) is 4.91. The molecule has 2 atom stereocenters. The Kier molecular flexibility index (Phi) is 5.53. The molecule has 3 heteroatoms. The molecule has 1 saturated carbocycles. The van der Waals surface area contributed by atoms with Crippen molar-refractivity contribution in [3.63, 3.8) is 0 Å². The summed E-state index contributed by atoms with van der Waals surface area (Å²) < 4.78 is 0. The molecule has 3 nitrogen and oxygen atoms in total. The number of amides is 1. The maximum atomic E-state index is 12.0. The minimum absolute atomic E-state index is 0.143. The highest BCUT2D eigenvalue weighted by Gasteiger charge is 2.29. The normalized spacial score (nSPS) is 24.9. The monoisotopic (exact) mass is 224 g/mol. The molecule has 0 saturated heterocycles. The number of carbonyl (C=O) groups excluding carboxylic acids is 1. The van der Waals surface area contributed by atoms with E-state index in [1.54, 1.807) is 0 Å². The number of hydrogen-bond donors (Lipinski definition) is 2. The highest BCUT2D eigenvalue weighted by atomic mass is 16.1. The van der Waals surface area contributed by atoms with Gasteiger partial charge in [0.25, 0.3) is 0 Å². The summed E-state index contributed by atoms with van der Waals surface area (Å²) in [7, 11) is 0. The van der Waals surface area contributed by atoms with Gasteiger partial charge in [0, 0.05) is 12.5 Å². The van der Waals surface area contributed by atoms with Crippen molar-refractivity contribution in [1.82, 2.24) is 5.32 Å². The molecule has 0 bridgehead atoms. The predicted octanol–water partition coefficient (Wildman–Crippen LogP) is 1.83. The van der Waals surface area contributed by atoms with Crippen molar-refractivity contribution in [2.24, 2.45) is 17.6 Å². The number of nitrogens with one attached hydrogen (secondary N) is 1. The summed E-state index contributed by atoms with van der Waals surface area (Å²) in [5, 5.41) is 2.98. The molecule has 0 aliphatic heterocycles. The average molecular weight is 224 g/mol. The standard InChI is InChI=1S/C13H24N2O/c1-10(2)7-8-15-13(16)12-6-4-3-5-11(12)9-14/h7,11-12H,3-6,8-9,14H2,1-2H3,(H,15,16). The molecule has 3 N–H and O–H groups in total. The molecule has 0 aromatic carbocycles. The summed E-state index contributed by atoms with van der Waals surface area (Å²) in [6.07, 6.45) is 6.54. The molecule has 1 fully saturated rings. The molecule has 16 heavy (non-hydrogen) atoms. The Morgan fingerprint density at radius 3 is 2.69 bits per heavy atom. The van der Waals surface area contributed by atoms with E-state index in [1.807, 2.05) is 19.9 Å². The lowest BCUT2D eigenvalue weighted by Gasteiger charge is -2.29. The van der Waals surface area contributed by atoms with Crippen molar-refractivity contribution < 1.29 is 4.79 Å². The molecule has 0 aromatic heterocycles. The Morgan fingerprint density at radius 1 is 1.38 bits per heavy atom. The first-order valence-electron chi connectivity index (χ1n) is 6.26. The summed E-state index contributed by atoms with van der Waals surface area (Å²) in [6, 6.07) is 0. The second-order valence-corrected chi connectivity index (χ2v) is 4.91. The largest absolute Gasteiger partial charge is 0.352 e. The lowest BCUT2D eigenvalue weighted by atomic mass is 9.79. The van der Waals surface area contributed by atoms with Crippen LogP contribution in [0.4, 0.5) is 0 Å². The van der Waals surface area contributed by atoms with Crippen LogP contribution in [0.25, 0.3) is 0 Å². The molecule has 1 rings (SSSR count). The van der Waals surface area contributed by atoms with E-state index < -0.39 is 0 Å². The summed E-state index contributed by atoms with van der Waals surface area (Å²) in [4.78, 5) is 12.0. The molecule has 1 aliphatic rings. The van der Waals surface area contributed by atoms with Gasteiger partial charge in [0.05, 0.1) is 0 Å². The lowest BCUT2D eigenvalue weighted by Crippen LogP contribution is -2.39. The lowest BCUT2D eigenvalue weighted by molar-refractivity contribution is -0.127. The van der Waals surface area contributed by atoms with E-state index in [2.05, 4.69) is 5.32 Å². The number of carbonyl (C=O) groups is 1. The van der Waals surface area contributed by atoms with Gasteiger partial charge in [-0.3, -0.25) is 4.79 Å². The van der Waals surface area contributed by atoms with Gasteiger partial charge >= 0.3 is 0 Å². The van der Waals surface area contributed by atoms with Gasteiger partial charge in [-0.2, -0.15) is 0 Å². The first-order chi connectivity index (χ1) is 7.65. The maximum Gasteiger partial charge on any atom is 0.223 e. The van der Waals surface area contributed by atoms with E-state index in [9.17, 15) is 4.79 Å². The van der Waals surface area contributed by atoms with E-state index in [1.165, 1.54) is 12.0 Å². The van der Waals surface area contributed by atoms with Crippen LogP contribution < -0.4 is 11.1 Å². The SMILES string of the molecule is CC(C)=CCNC(=O)C1CCCCC1CN. The van der Waals surface area contributed by atoms with E-state index in [0.29, 0.717) is 19.0 Å². The van der Waals surface area contributed by atoms with Crippen LogP contribution in [0.5, 0.6) is 0 Å². The fourth-order valence-electron chi connectivity index (χ4n) is 2.32. The van der Waals surface area contributed by atoms with Gasteiger partial charge in [-0.05, 0) is 39.2 Å². The minimum Gasteiger partial charge on any atom is -0.352 e. The number of nitrogens with two attached hydrogens (primary N) is 1. The van der Waals surface area contributed by atoms with Crippen LogP contribution in [-0.4, -0.2) is 19.0 Å². The Hall–Kier alpha value is -0.830. The Morgan fingerprint density at radius 2 is 2.06 bits per heavy atom. The molecular formula is C13H24N2O. The van der Waals surface area contributed by atoms with E-state index in [0.717, 1.165) is 19.3 Å². The van der Waals surface area contributed by atoms with E-state index in [-0.39, 0.29) is 11.8 Å². The predicted molar refractivity (Wildman–Crippen MR) is 66.9 cm³/mol. The van der Waals surface area contributed by atoms with Gasteiger partial charge in [-0.1, -0.05) is 24.5 Å².